The highest BCUT2D eigenvalue weighted by Crippen LogP contribution is 2.29. The van der Waals surface area contributed by atoms with E-state index in [9.17, 15) is 9.59 Å². The lowest BCUT2D eigenvalue weighted by atomic mass is 10.1. The molecule has 0 aromatic heterocycles. The third-order valence-electron chi connectivity index (χ3n) is 3.35. The molecule has 24 heavy (non-hydrogen) atoms. The third-order valence-corrected chi connectivity index (χ3v) is 3.35. The van der Waals surface area contributed by atoms with E-state index in [1.54, 1.807) is 42.5 Å². The standard InChI is InChI=1S/C18H18O6/c1-21-14-8-5-9-15(22-2)16(14)18(20)24-11-12-6-4-7-13(10-12)17(19)23-3/h4-10H,11H2,1-3H3. The summed E-state index contributed by atoms with van der Waals surface area (Å²) in [6.07, 6.45) is 0. The second kappa shape index (κ2) is 8.01. The van der Waals surface area contributed by atoms with Gasteiger partial charge >= 0.3 is 11.9 Å². The average molecular weight is 330 g/mol. The molecular formula is C18H18O6. The topological polar surface area (TPSA) is 71.1 Å². The highest BCUT2D eigenvalue weighted by Gasteiger charge is 2.19. The van der Waals surface area contributed by atoms with Crippen molar-refractivity contribution < 1.29 is 28.5 Å². The summed E-state index contributed by atoms with van der Waals surface area (Å²) in [5.74, 6) is -0.298. The second-order valence-electron chi connectivity index (χ2n) is 4.81. The summed E-state index contributed by atoms with van der Waals surface area (Å²) in [5, 5.41) is 0. The Labute approximate surface area is 139 Å². The third kappa shape index (κ3) is 3.84. The molecule has 2 aromatic rings. The van der Waals surface area contributed by atoms with Crippen LogP contribution in [0, 0.1) is 0 Å². The molecule has 6 nitrogen and oxygen atoms in total. The van der Waals surface area contributed by atoms with Gasteiger partial charge < -0.3 is 18.9 Å². The smallest absolute Gasteiger partial charge is 0.346 e. The van der Waals surface area contributed by atoms with Gasteiger partial charge in [0.25, 0.3) is 0 Å². The fraction of sp³-hybridized carbons (Fsp3) is 0.222. The molecule has 0 N–H and O–H groups in total. The van der Waals surface area contributed by atoms with Crippen molar-refractivity contribution in [2.45, 2.75) is 6.61 Å². The van der Waals surface area contributed by atoms with Gasteiger partial charge in [-0.15, -0.1) is 0 Å². The Kier molecular flexibility index (Phi) is 5.78. The van der Waals surface area contributed by atoms with Gasteiger partial charge in [-0.2, -0.15) is 0 Å². The summed E-state index contributed by atoms with van der Waals surface area (Å²) in [6, 6.07) is 11.7. The number of hydrogen-bond acceptors (Lipinski definition) is 6. The first-order chi connectivity index (χ1) is 11.6. The number of rotatable bonds is 6. The molecule has 0 bridgehead atoms. The van der Waals surface area contributed by atoms with Crippen LogP contribution in [0.25, 0.3) is 0 Å². The maximum absolute atomic E-state index is 12.4. The van der Waals surface area contributed by atoms with Gasteiger partial charge in [-0.1, -0.05) is 18.2 Å². The highest BCUT2D eigenvalue weighted by atomic mass is 16.5. The lowest BCUT2D eigenvalue weighted by Gasteiger charge is -2.12. The van der Waals surface area contributed by atoms with Crippen molar-refractivity contribution >= 4 is 11.9 Å². The first kappa shape index (κ1) is 17.3. The molecule has 0 saturated carbocycles. The van der Waals surface area contributed by atoms with Crippen molar-refractivity contribution in [2.75, 3.05) is 21.3 Å². The predicted octanol–water partition coefficient (Wildman–Crippen LogP) is 2.85. The Balaban J connectivity index is 2.16. The minimum absolute atomic E-state index is 0.00483. The van der Waals surface area contributed by atoms with E-state index in [-0.39, 0.29) is 12.2 Å². The maximum atomic E-state index is 12.4. The predicted molar refractivity (Wildman–Crippen MR) is 86.4 cm³/mol. The van der Waals surface area contributed by atoms with Gasteiger partial charge in [0, 0.05) is 0 Å². The number of hydrogen-bond donors (Lipinski definition) is 0. The maximum Gasteiger partial charge on any atom is 0.346 e. The van der Waals surface area contributed by atoms with Crippen molar-refractivity contribution in [1.29, 1.82) is 0 Å². The Morgan fingerprint density at radius 3 is 2.08 bits per heavy atom. The van der Waals surface area contributed by atoms with Crippen LogP contribution in [-0.4, -0.2) is 33.3 Å². The molecule has 0 fully saturated rings. The summed E-state index contributed by atoms with van der Waals surface area (Å²) in [6.45, 7) is 0.00483. The summed E-state index contributed by atoms with van der Waals surface area (Å²) in [4.78, 5) is 23.9. The summed E-state index contributed by atoms with van der Waals surface area (Å²) >= 11 is 0. The van der Waals surface area contributed by atoms with Gasteiger partial charge in [-0.25, -0.2) is 9.59 Å². The number of carbonyl (C=O) groups excluding carboxylic acids is 2. The molecule has 0 spiro atoms. The minimum atomic E-state index is -0.576. The van der Waals surface area contributed by atoms with Crippen LogP contribution in [0.2, 0.25) is 0 Å². The molecule has 0 aliphatic carbocycles. The zero-order valence-electron chi connectivity index (χ0n) is 13.7. The Hall–Kier alpha value is -3.02. The molecule has 0 saturated heterocycles. The van der Waals surface area contributed by atoms with Crippen LogP contribution in [0.3, 0.4) is 0 Å². The van der Waals surface area contributed by atoms with Crippen molar-refractivity contribution in [3.63, 3.8) is 0 Å². The van der Waals surface area contributed by atoms with Crippen LogP contribution in [0.15, 0.2) is 42.5 Å². The molecule has 0 atom stereocenters. The number of carbonyl (C=O) groups is 2. The zero-order chi connectivity index (χ0) is 17.5. The van der Waals surface area contributed by atoms with E-state index in [1.165, 1.54) is 21.3 Å². The zero-order valence-corrected chi connectivity index (χ0v) is 13.7. The number of benzene rings is 2. The first-order valence-electron chi connectivity index (χ1n) is 7.16. The largest absolute Gasteiger partial charge is 0.496 e. The van der Waals surface area contributed by atoms with Gasteiger partial charge in [-0.3, -0.25) is 0 Å². The van der Waals surface area contributed by atoms with Gasteiger partial charge in [0.2, 0.25) is 0 Å². The number of methoxy groups -OCH3 is 3. The minimum Gasteiger partial charge on any atom is -0.496 e. The molecule has 0 unspecified atom stereocenters. The Morgan fingerprint density at radius 2 is 1.50 bits per heavy atom. The van der Waals surface area contributed by atoms with Crippen molar-refractivity contribution in [1.82, 2.24) is 0 Å². The normalized spacial score (nSPS) is 9.96. The lowest BCUT2D eigenvalue weighted by molar-refractivity contribution is 0.0465. The van der Waals surface area contributed by atoms with E-state index in [1.807, 2.05) is 0 Å². The van der Waals surface area contributed by atoms with E-state index in [2.05, 4.69) is 4.74 Å². The fourth-order valence-electron chi connectivity index (χ4n) is 2.18. The second-order valence-corrected chi connectivity index (χ2v) is 4.81. The molecule has 0 aliphatic rings. The molecule has 2 aromatic carbocycles. The molecule has 0 amide bonds. The molecule has 0 aliphatic heterocycles. The van der Waals surface area contributed by atoms with Crippen molar-refractivity contribution in [3.8, 4) is 11.5 Å². The van der Waals surface area contributed by atoms with Crippen LogP contribution in [0.4, 0.5) is 0 Å². The first-order valence-corrected chi connectivity index (χ1v) is 7.16. The number of ether oxygens (including phenoxy) is 4. The average Bonchev–Trinajstić information content (AvgIpc) is 2.64. The van der Waals surface area contributed by atoms with Gasteiger partial charge in [-0.05, 0) is 29.8 Å². The Morgan fingerprint density at radius 1 is 0.875 bits per heavy atom. The van der Waals surface area contributed by atoms with E-state index >= 15 is 0 Å². The summed E-state index contributed by atoms with van der Waals surface area (Å²) < 4.78 is 20.4. The van der Waals surface area contributed by atoms with Gasteiger partial charge in [0.05, 0.1) is 26.9 Å². The van der Waals surface area contributed by atoms with E-state index in [0.29, 0.717) is 22.6 Å². The molecular weight excluding hydrogens is 312 g/mol. The van der Waals surface area contributed by atoms with Crippen molar-refractivity contribution in [3.05, 3.63) is 59.2 Å². The van der Waals surface area contributed by atoms with Crippen LogP contribution < -0.4 is 9.47 Å². The van der Waals surface area contributed by atoms with E-state index in [4.69, 9.17) is 14.2 Å². The Bertz CT molecular complexity index is 716. The molecule has 0 radical (unpaired) electrons. The van der Waals surface area contributed by atoms with Crippen LogP contribution >= 0.6 is 0 Å². The summed E-state index contributed by atoms with van der Waals surface area (Å²) in [5.41, 5.74) is 1.27. The highest BCUT2D eigenvalue weighted by molar-refractivity contribution is 5.95. The van der Waals surface area contributed by atoms with E-state index in [0.717, 1.165) is 0 Å². The molecule has 6 heteroatoms. The number of esters is 2. The van der Waals surface area contributed by atoms with E-state index < -0.39 is 11.9 Å². The SMILES string of the molecule is COC(=O)c1cccc(COC(=O)c2c(OC)cccc2OC)c1. The monoisotopic (exact) mass is 330 g/mol. The quantitative estimate of drug-likeness (QED) is 0.759. The van der Waals surface area contributed by atoms with Gasteiger partial charge in [0.15, 0.2) is 0 Å². The molecule has 0 heterocycles. The lowest BCUT2D eigenvalue weighted by Crippen LogP contribution is -2.09. The van der Waals surface area contributed by atoms with Gasteiger partial charge in [0.1, 0.15) is 23.7 Å². The van der Waals surface area contributed by atoms with Crippen molar-refractivity contribution in [2.24, 2.45) is 0 Å². The van der Waals surface area contributed by atoms with Crippen LogP contribution in [0.5, 0.6) is 11.5 Å². The fourth-order valence-corrected chi connectivity index (χ4v) is 2.18. The van der Waals surface area contributed by atoms with Crippen LogP contribution in [0.1, 0.15) is 26.3 Å². The molecule has 126 valence electrons. The van der Waals surface area contributed by atoms with Crippen LogP contribution in [-0.2, 0) is 16.1 Å². The summed E-state index contributed by atoms with van der Waals surface area (Å²) in [7, 11) is 4.24. The molecule has 2 rings (SSSR count).